The van der Waals surface area contributed by atoms with Gasteiger partial charge in [-0.2, -0.15) is 9.49 Å². The van der Waals surface area contributed by atoms with Gasteiger partial charge in [0.2, 0.25) is 5.95 Å². The summed E-state index contributed by atoms with van der Waals surface area (Å²) in [4.78, 5) is 19.1. The molecule has 0 bridgehead atoms. The lowest BCUT2D eigenvalue weighted by atomic mass is 10.2. The molecule has 0 radical (unpaired) electrons. The molecule has 0 spiro atoms. The first-order valence-electron chi connectivity index (χ1n) is 6.27. The lowest BCUT2D eigenvalue weighted by Gasteiger charge is -1.98. The molecule has 0 aliphatic carbocycles. The Hall–Kier alpha value is -2.31. The Labute approximate surface area is 115 Å². The molecule has 20 heavy (non-hydrogen) atoms. The number of rotatable bonds is 5. The van der Waals surface area contributed by atoms with Gasteiger partial charge in [0.1, 0.15) is 0 Å². The number of halogens is 1. The van der Waals surface area contributed by atoms with Crippen LogP contribution in [0.15, 0.2) is 18.3 Å². The van der Waals surface area contributed by atoms with Crippen LogP contribution in [0.2, 0.25) is 0 Å². The van der Waals surface area contributed by atoms with E-state index in [1.165, 1.54) is 12.3 Å². The molecule has 0 aromatic carbocycles. The molecule has 0 saturated carbocycles. The van der Waals surface area contributed by atoms with Gasteiger partial charge >= 0.3 is 5.97 Å². The van der Waals surface area contributed by atoms with E-state index < -0.39 is 5.95 Å². The second kappa shape index (κ2) is 6.23. The fraction of sp³-hybridized carbons (Fsp3) is 0.385. The largest absolute Gasteiger partial charge is 0.466 e. The summed E-state index contributed by atoms with van der Waals surface area (Å²) < 4.78 is 19.5. The molecule has 106 valence electrons. The minimum absolute atomic E-state index is 0.224. The maximum Gasteiger partial charge on any atom is 0.306 e. The van der Waals surface area contributed by atoms with Crippen LogP contribution in [-0.4, -0.2) is 32.3 Å². The summed E-state index contributed by atoms with van der Waals surface area (Å²) in [6, 6.07) is 2.95. The van der Waals surface area contributed by atoms with E-state index in [9.17, 15) is 9.18 Å². The first kappa shape index (κ1) is 14.1. The van der Waals surface area contributed by atoms with E-state index in [0.717, 1.165) is 0 Å². The van der Waals surface area contributed by atoms with E-state index in [-0.39, 0.29) is 12.4 Å². The predicted octanol–water partition coefficient (Wildman–Crippen LogP) is 1.51. The second-order valence-electron chi connectivity index (χ2n) is 4.15. The molecule has 0 N–H and O–H groups in total. The molecule has 0 fully saturated rings. The van der Waals surface area contributed by atoms with E-state index >= 15 is 0 Å². The Morgan fingerprint density at radius 3 is 3.00 bits per heavy atom. The van der Waals surface area contributed by atoms with Crippen LogP contribution in [0.4, 0.5) is 4.39 Å². The quantitative estimate of drug-likeness (QED) is 0.612. The molecular formula is C13H15FN4O2. The lowest BCUT2D eigenvalue weighted by Crippen LogP contribution is -2.06. The SMILES string of the molecule is CCOC(=O)CCc1nc(-c2ccnc(F)c2)n(C)n1. The zero-order chi connectivity index (χ0) is 14.5. The molecule has 2 aromatic rings. The molecule has 2 rings (SSSR count). The average molecular weight is 278 g/mol. The number of carbonyl (C=O) groups excluding carboxylic acids is 1. The van der Waals surface area contributed by atoms with Gasteiger partial charge in [-0.3, -0.25) is 4.79 Å². The highest BCUT2D eigenvalue weighted by Gasteiger charge is 2.12. The summed E-state index contributed by atoms with van der Waals surface area (Å²) in [6.07, 6.45) is 1.99. The van der Waals surface area contributed by atoms with Gasteiger partial charge in [-0.15, -0.1) is 0 Å². The van der Waals surface area contributed by atoms with Gasteiger partial charge in [0, 0.05) is 31.3 Å². The maximum absolute atomic E-state index is 13.1. The summed E-state index contributed by atoms with van der Waals surface area (Å²) in [5.74, 6) is 0.202. The normalized spacial score (nSPS) is 10.6. The van der Waals surface area contributed by atoms with Gasteiger partial charge in [0.25, 0.3) is 0 Å². The molecule has 0 unspecified atom stereocenters. The predicted molar refractivity (Wildman–Crippen MR) is 69.1 cm³/mol. The van der Waals surface area contributed by atoms with Gasteiger partial charge in [0.05, 0.1) is 13.0 Å². The summed E-state index contributed by atoms with van der Waals surface area (Å²) in [5.41, 5.74) is 0.592. The van der Waals surface area contributed by atoms with E-state index in [4.69, 9.17) is 4.74 Å². The highest BCUT2D eigenvalue weighted by Crippen LogP contribution is 2.16. The van der Waals surface area contributed by atoms with Crippen molar-refractivity contribution in [3.05, 3.63) is 30.1 Å². The van der Waals surface area contributed by atoms with Crippen LogP contribution in [0.5, 0.6) is 0 Å². The van der Waals surface area contributed by atoms with E-state index in [1.807, 2.05) is 0 Å². The first-order chi connectivity index (χ1) is 9.60. The Morgan fingerprint density at radius 2 is 2.30 bits per heavy atom. The number of pyridine rings is 1. The molecule has 0 amide bonds. The summed E-state index contributed by atoms with van der Waals surface area (Å²) in [6.45, 7) is 2.11. The Morgan fingerprint density at radius 1 is 1.50 bits per heavy atom. The van der Waals surface area contributed by atoms with Crippen LogP contribution in [-0.2, 0) is 23.0 Å². The fourth-order valence-electron chi connectivity index (χ4n) is 1.78. The van der Waals surface area contributed by atoms with Crippen LogP contribution in [0.25, 0.3) is 11.4 Å². The fourth-order valence-corrected chi connectivity index (χ4v) is 1.78. The van der Waals surface area contributed by atoms with Crippen molar-refractivity contribution in [2.24, 2.45) is 7.05 Å². The van der Waals surface area contributed by atoms with Crippen LogP contribution < -0.4 is 0 Å². The third-order valence-electron chi connectivity index (χ3n) is 2.65. The lowest BCUT2D eigenvalue weighted by molar-refractivity contribution is -0.143. The van der Waals surface area contributed by atoms with Crippen molar-refractivity contribution in [2.75, 3.05) is 6.61 Å². The number of nitrogens with zero attached hydrogens (tertiary/aromatic N) is 4. The van der Waals surface area contributed by atoms with Crippen molar-refractivity contribution in [1.82, 2.24) is 19.7 Å². The van der Waals surface area contributed by atoms with Gasteiger partial charge in [-0.05, 0) is 13.0 Å². The monoisotopic (exact) mass is 278 g/mol. The van der Waals surface area contributed by atoms with Crippen molar-refractivity contribution < 1.29 is 13.9 Å². The summed E-state index contributed by atoms with van der Waals surface area (Å²) >= 11 is 0. The zero-order valence-electron chi connectivity index (χ0n) is 11.3. The van der Waals surface area contributed by atoms with Crippen molar-refractivity contribution >= 4 is 5.97 Å². The minimum atomic E-state index is -0.571. The molecule has 7 heteroatoms. The van der Waals surface area contributed by atoms with E-state index in [1.54, 1.807) is 24.7 Å². The molecule has 0 aliphatic heterocycles. The van der Waals surface area contributed by atoms with Gasteiger partial charge < -0.3 is 4.74 Å². The molecule has 0 atom stereocenters. The number of carbonyl (C=O) groups is 1. The van der Waals surface area contributed by atoms with Crippen molar-refractivity contribution in [3.63, 3.8) is 0 Å². The number of hydrogen-bond acceptors (Lipinski definition) is 5. The van der Waals surface area contributed by atoms with Crippen LogP contribution >= 0.6 is 0 Å². The maximum atomic E-state index is 13.1. The van der Waals surface area contributed by atoms with Gasteiger partial charge in [0.15, 0.2) is 11.6 Å². The average Bonchev–Trinajstić information content (AvgIpc) is 2.78. The molecule has 6 nitrogen and oxygen atoms in total. The first-order valence-corrected chi connectivity index (χ1v) is 6.27. The van der Waals surface area contributed by atoms with Crippen molar-refractivity contribution in [3.8, 4) is 11.4 Å². The highest BCUT2D eigenvalue weighted by molar-refractivity contribution is 5.69. The number of ether oxygens (including phenoxy) is 1. The van der Waals surface area contributed by atoms with E-state index in [0.29, 0.717) is 30.2 Å². The van der Waals surface area contributed by atoms with Crippen molar-refractivity contribution in [2.45, 2.75) is 19.8 Å². The summed E-state index contributed by atoms with van der Waals surface area (Å²) in [5, 5.41) is 4.20. The Balaban J connectivity index is 2.12. The summed E-state index contributed by atoms with van der Waals surface area (Å²) in [7, 11) is 1.72. The molecular weight excluding hydrogens is 263 g/mol. The second-order valence-corrected chi connectivity index (χ2v) is 4.15. The van der Waals surface area contributed by atoms with Crippen LogP contribution in [0, 0.1) is 5.95 Å². The van der Waals surface area contributed by atoms with Crippen LogP contribution in [0.3, 0.4) is 0 Å². The minimum Gasteiger partial charge on any atom is -0.466 e. The van der Waals surface area contributed by atoms with Gasteiger partial charge in [-0.25, -0.2) is 14.6 Å². The van der Waals surface area contributed by atoms with Gasteiger partial charge in [-0.1, -0.05) is 0 Å². The Kier molecular flexibility index (Phi) is 4.39. The third-order valence-corrected chi connectivity index (χ3v) is 2.65. The van der Waals surface area contributed by atoms with E-state index in [2.05, 4.69) is 15.1 Å². The Bertz CT molecular complexity index is 612. The molecule has 0 aliphatic rings. The zero-order valence-corrected chi connectivity index (χ0v) is 11.3. The molecule has 2 heterocycles. The molecule has 0 saturated heterocycles. The highest BCUT2D eigenvalue weighted by atomic mass is 19.1. The number of esters is 1. The topological polar surface area (TPSA) is 69.9 Å². The number of aromatic nitrogens is 4. The molecule has 2 aromatic heterocycles. The number of aryl methyl sites for hydroxylation is 2. The van der Waals surface area contributed by atoms with Crippen molar-refractivity contribution in [1.29, 1.82) is 0 Å². The number of hydrogen-bond donors (Lipinski definition) is 0. The van der Waals surface area contributed by atoms with Crippen LogP contribution in [0.1, 0.15) is 19.2 Å². The standard InChI is InChI=1S/C13H15FN4O2/c1-3-20-12(19)5-4-11-16-13(18(2)17-11)9-6-7-15-10(14)8-9/h6-8H,3-5H2,1-2H3. The third kappa shape index (κ3) is 3.37. The smallest absolute Gasteiger partial charge is 0.306 e.